The highest BCUT2D eigenvalue weighted by atomic mass is 35.5. The molecule has 102 valence electrons. The zero-order valence-electron chi connectivity index (χ0n) is 11.0. The van der Waals surface area contributed by atoms with Gasteiger partial charge < -0.3 is 4.74 Å². The fourth-order valence-electron chi connectivity index (χ4n) is 1.89. The number of benzene rings is 1. The van der Waals surface area contributed by atoms with Crippen LogP contribution in [0.4, 0.5) is 0 Å². The molecule has 0 amide bonds. The standard InChI is InChI=1S/C16H15ClN2O/c17-14-11-15(19-16(18-14)13-8-9-13)20-10-4-7-12-5-2-1-3-6-12/h1-7,11,13H,8-10H2/b7-4+. The number of rotatable bonds is 5. The maximum atomic E-state index is 5.98. The first-order valence-electron chi connectivity index (χ1n) is 6.70. The van der Waals surface area contributed by atoms with E-state index >= 15 is 0 Å². The Hall–Kier alpha value is -1.87. The Morgan fingerprint density at radius 3 is 2.75 bits per heavy atom. The van der Waals surface area contributed by atoms with E-state index in [1.807, 2.05) is 42.5 Å². The van der Waals surface area contributed by atoms with Gasteiger partial charge >= 0.3 is 0 Å². The Labute approximate surface area is 123 Å². The zero-order valence-corrected chi connectivity index (χ0v) is 11.8. The summed E-state index contributed by atoms with van der Waals surface area (Å²) < 4.78 is 5.60. The molecule has 0 spiro atoms. The van der Waals surface area contributed by atoms with Crippen molar-refractivity contribution in [3.05, 3.63) is 59.0 Å². The molecular formula is C16H15ClN2O. The highest BCUT2D eigenvalue weighted by Gasteiger charge is 2.27. The van der Waals surface area contributed by atoms with E-state index in [2.05, 4.69) is 9.97 Å². The molecule has 4 heteroatoms. The Balaban J connectivity index is 1.59. The van der Waals surface area contributed by atoms with E-state index < -0.39 is 0 Å². The molecule has 1 aromatic carbocycles. The van der Waals surface area contributed by atoms with Gasteiger partial charge in [-0.25, -0.2) is 4.98 Å². The third kappa shape index (κ3) is 3.58. The van der Waals surface area contributed by atoms with Crippen LogP contribution in [0, 0.1) is 0 Å². The van der Waals surface area contributed by atoms with E-state index in [1.165, 1.54) is 0 Å². The van der Waals surface area contributed by atoms with E-state index in [4.69, 9.17) is 16.3 Å². The van der Waals surface area contributed by atoms with Crippen molar-refractivity contribution in [2.24, 2.45) is 0 Å². The minimum absolute atomic E-state index is 0.448. The predicted octanol–water partition coefficient (Wildman–Crippen LogP) is 4.10. The second kappa shape index (κ2) is 6.06. The van der Waals surface area contributed by atoms with Crippen LogP contribution in [0.5, 0.6) is 5.88 Å². The van der Waals surface area contributed by atoms with Gasteiger partial charge in [-0.05, 0) is 24.5 Å². The maximum absolute atomic E-state index is 5.98. The molecule has 3 rings (SSSR count). The molecule has 0 bridgehead atoms. The first kappa shape index (κ1) is 13.1. The van der Waals surface area contributed by atoms with E-state index in [-0.39, 0.29) is 0 Å². The van der Waals surface area contributed by atoms with Crippen LogP contribution in [-0.4, -0.2) is 16.6 Å². The first-order chi connectivity index (χ1) is 9.81. The van der Waals surface area contributed by atoms with Crippen LogP contribution >= 0.6 is 11.6 Å². The number of nitrogens with zero attached hydrogens (tertiary/aromatic N) is 2. The smallest absolute Gasteiger partial charge is 0.218 e. The molecule has 1 aromatic heterocycles. The first-order valence-corrected chi connectivity index (χ1v) is 7.08. The summed E-state index contributed by atoms with van der Waals surface area (Å²) in [5.41, 5.74) is 1.15. The minimum atomic E-state index is 0.448. The van der Waals surface area contributed by atoms with Crippen molar-refractivity contribution in [2.75, 3.05) is 6.61 Å². The van der Waals surface area contributed by atoms with E-state index in [0.717, 1.165) is 24.2 Å². The molecule has 2 aromatic rings. The normalized spacial score (nSPS) is 14.7. The number of hydrogen-bond donors (Lipinski definition) is 0. The van der Waals surface area contributed by atoms with Gasteiger partial charge in [0.2, 0.25) is 5.88 Å². The van der Waals surface area contributed by atoms with Gasteiger partial charge in [-0.3, -0.25) is 0 Å². The van der Waals surface area contributed by atoms with Crippen molar-refractivity contribution in [3.63, 3.8) is 0 Å². The molecule has 1 fully saturated rings. The summed E-state index contributed by atoms with van der Waals surface area (Å²) in [4.78, 5) is 8.62. The molecule has 0 saturated heterocycles. The van der Waals surface area contributed by atoms with Crippen LogP contribution in [0.25, 0.3) is 6.08 Å². The van der Waals surface area contributed by atoms with Crippen molar-refractivity contribution in [1.82, 2.24) is 9.97 Å². The molecule has 1 aliphatic carbocycles. The molecule has 1 saturated carbocycles. The van der Waals surface area contributed by atoms with Crippen LogP contribution in [0.1, 0.15) is 30.1 Å². The average molecular weight is 287 g/mol. The van der Waals surface area contributed by atoms with Crippen LogP contribution in [-0.2, 0) is 0 Å². The number of ether oxygens (including phenoxy) is 1. The third-order valence-electron chi connectivity index (χ3n) is 3.07. The van der Waals surface area contributed by atoms with Gasteiger partial charge in [0.05, 0.1) is 0 Å². The Bertz CT molecular complexity index is 609. The van der Waals surface area contributed by atoms with Gasteiger partial charge in [-0.15, -0.1) is 0 Å². The lowest BCUT2D eigenvalue weighted by molar-refractivity contribution is 0.346. The summed E-state index contributed by atoms with van der Waals surface area (Å²) in [5, 5.41) is 0.448. The van der Waals surface area contributed by atoms with Gasteiger partial charge in [0.15, 0.2) is 0 Å². The largest absolute Gasteiger partial charge is 0.473 e. The second-order valence-corrected chi connectivity index (χ2v) is 5.17. The Morgan fingerprint density at radius 1 is 1.20 bits per heavy atom. The quantitative estimate of drug-likeness (QED) is 0.776. The number of hydrogen-bond acceptors (Lipinski definition) is 3. The summed E-state index contributed by atoms with van der Waals surface area (Å²) in [7, 11) is 0. The van der Waals surface area contributed by atoms with E-state index in [0.29, 0.717) is 23.6 Å². The Morgan fingerprint density at radius 2 is 2.00 bits per heavy atom. The summed E-state index contributed by atoms with van der Waals surface area (Å²) in [6.07, 6.45) is 6.27. The molecule has 20 heavy (non-hydrogen) atoms. The molecule has 0 atom stereocenters. The monoisotopic (exact) mass is 286 g/mol. The Kier molecular flexibility index (Phi) is 3.97. The molecule has 0 radical (unpaired) electrons. The van der Waals surface area contributed by atoms with Crippen LogP contribution in [0.3, 0.4) is 0 Å². The average Bonchev–Trinajstić information content (AvgIpc) is 3.29. The van der Waals surface area contributed by atoms with Crippen LogP contribution < -0.4 is 4.74 Å². The van der Waals surface area contributed by atoms with E-state index in [9.17, 15) is 0 Å². The molecule has 0 aliphatic heterocycles. The summed E-state index contributed by atoms with van der Waals surface area (Å²) >= 11 is 5.98. The van der Waals surface area contributed by atoms with Crippen molar-refractivity contribution >= 4 is 17.7 Å². The molecule has 1 aliphatic rings. The van der Waals surface area contributed by atoms with Crippen LogP contribution in [0.2, 0.25) is 5.15 Å². The molecule has 1 heterocycles. The highest BCUT2D eigenvalue weighted by Crippen LogP contribution is 2.38. The van der Waals surface area contributed by atoms with Gasteiger partial charge in [0.1, 0.15) is 17.6 Å². The lowest BCUT2D eigenvalue weighted by Crippen LogP contribution is -2.00. The molecule has 0 unspecified atom stereocenters. The summed E-state index contributed by atoms with van der Waals surface area (Å²) in [6, 6.07) is 11.8. The number of halogens is 1. The lowest BCUT2D eigenvalue weighted by Gasteiger charge is -2.04. The third-order valence-corrected chi connectivity index (χ3v) is 3.26. The fourth-order valence-corrected chi connectivity index (χ4v) is 2.07. The van der Waals surface area contributed by atoms with E-state index in [1.54, 1.807) is 6.07 Å². The summed E-state index contributed by atoms with van der Waals surface area (Å²) in [6.45, 7) is 0.465. The lowest BCUT2D eigenvalue weighted by atomic mass is 10.2. The van der Waals surface area contributed by atoms with Crippen molar-refractivity contribution < 1.29 is 4.74 Å². The maximum Gasteiger partial charge on any atom is 0.218 e. The topological polar surface area (TPSA) is 35.0 Å². The van der Waals surface area contributed by atoms with Gasteiger partial charge in [-0.2, -0.15) is 4.98 Å². The second-order valence-electron chi connectivity index (χ2n) is 4.79. The van der Waals surface area contributed by atoms with Gasteiger partial charge in [0, 0.05) is 12.0 Å². The van der Waals surface area contributed by atoms with Crippen molar-refractivity contribution in [1.29, 1.82) is 0 Å². The predicted molar refractivity (Wildman–Crippen MR) is 80.0 cm³/mol. The minimum Gasteiger partial charge on any atom is -0.473 e. The zero-order chi connectivity index (χ0) is 13.8. The SMILES string of the molecule is Clc1cc(OC/C=C/c2ccccc2)nc(C2CC2)n1. The molecule has 3 nitrogen and oxygen atoms in total. The summed E-state index contributed by atoms with van der Waals surface area (Å²) in [5.74, 6) is 1.82. The highest BCUT2D eigenvalue weighted by molar-refractivity contribution is 6.29. The number of aromatic nitrogens is 2. The van der Waals surface area contributed by atoms with Gasteiger partial charge in [0.25, 0.3) is 0 Å². The molecule has 0 N–H and O–H groups in total. The van der Waals surface area contributed by atoms with Crippen LogP contribution in [0.15, 0.2) is 42.5 Å². The van der Waals surface area contributed by atoms with Crippen molar-refractivity contribution in [3.8, 4) is 5.88 Å². The van der Waals surface area contributed by atoms with Crippen molar-refractivity contribution in [2.45, 2.75) is 18.8 Å². The van der Waals surface area contributed by atoms with Gasteiger partial charge in [-0.1, -0.05) is 48.0 Å². The molecular weight excluding hydrogens is 272 g/mol. The fraction of sp³-hybridized carbons (Fsp3) is 0.250.